The Kier molecular flexibility index (Phi) is 8.68. The maximum Gasteiger partial charge on any atom is 0.247 e. The highest BCUT2D eigenvalue weighted by atomic mass is 32.2. The molecule has 37 heavy (non-hydrogen) atoms. The van der Waals surface area contributed by atoms with Crippen molar-refractivity contribution in [3.63, 3.8) is 0 Å². The first-order valence-electron chi connectivity index (χ1n) is 11.9. The van der Waals surface area contributed by atoms with Gasteiger partial charge in [0, 0.05) is 18.4 Å². The Morgan fingerprint density at radius 2 is 1.59 bits per heavy atom. The first-order valence-corrected chi connectivity index (χ1v) is 12.9. The molecule has 0 spiro atoms. The third-order valence-corrected chi connectivity index (χ3v) is 7.39. The number of benzene rings is 3. The Morgan fingerprint density at radius 3 is 2.24 bits per heavy atom. The molecule has 1 saturated heterocycles. The summed E-state index contributed by atoms with van der Waals surface area (Å²) in [6, 6.07) is 18.7. The predicted octanol–water partition coefficient (Wildman–Crippen LogP) is 3.41. The number of imide groups is 1. The summed E-state index contributed by atoms with van der Waals surface area (Å²) in [4.78, 5) is 41.7. The molecular weight excluding hydrogens is 496 g/mol. The zero-order valence-electron chi connectivity index (χ0n) is 20.0. The summed E-state index contributed by atoms with van der Waals surface area (Å²) in [5, 5.41) is 2.24. The average molecular weight is 524 g/mol. The molecule has 0 aromatic heterocycles. The van der Waals surface area contributed by atoms with E-state index >= 15 is 0 Å². The van der Waals surface area contributed by atoms with E-state index in [1.165, 1.54) is 11.8 Å². The lowest BCUT2D eigenvalue weighted by Crippen LogP contribution is -2.58. The SMILES string of the molecule is N[C@@H](Cc1ccccc1)C(=O)N(C(=O)Cc1cc(F)cc(F)c1)[C@@H]1C(=O)NCCS[C@@H]1c1ccccc1. The number of amides is 3. The molecule has 0 saturated carbocycles. The lowest BCUT2D eigenvalue weighted by atomic mass is 9.99. The molecule has 0 bridgehead atoms. The predicted molar refractivity (Wildman–Crippen MR) is 138 cm³/mol. The Bertz CT molecular complexity index is 1240. The van der Waals surface area contributed by atoms with E-state index in [4.69, 9.17) is 5.73 Å². The van der Waals surface area contributed by atoms with Crippen LogP contribution in [-0.2, 0) is 27.2 Å². The third-order valence-electron chi connectivity index (χ3n) is 6.06. The van der Waals surface area contributed by atoms with Crippen LogP contribution in [0.4, 0.5) is 8.78 Å². The van der Waals surface area contributed by atoms with Crippen molar-refractivity contribution in [2.45, 2.75) is 30.2 Å². The monoisotopic (exact) mass is 523 g/mol. The van der Waals surface area contributed by atoms with Crippen LogP contribution in [0.15, 0.2) is 78.9 Å². The van der Waals surface area contributed by atoms with Crippen molar-refractivity contribution in [3.8, 4) is 0 Å². The number of rotatable bonds is 7. The topological polar surface area (TPSA) is 92.5 Å². The Hall–Kier alpha value is -3.56. The van der Waals surface area contributed by atoms with E-state index in [1.54, 1.807) is 0 Å². The summed E-state index contributed by atoms with van der Waals surface area (Å²) in [5.74, 6) is -3.09. The molecule has 1 fully saturated rings. The van der Waals surface area contributed by atoms with Gasteiger partial charge in [0.1, 0.15) is 17.7 Å². The van der Waals surface area contributed by atoms with Gasteiger partial charge in [-0.15, -0.1) is 11.8 Å². The summed E-state index contributed by atoms with van der Waals surface area (Å²) in [7, 11) is 0. The number of carbonyl (C=O) groups is 3. The summed E-state index contributed by atoms with van der Waals surface area (Å²) in [6.45, 7) is 0.366. The molecule has 0 radical (unpaired) electrons. The fourth-order valence-electron chi connectivity index (χ4n) is 4.39. The van der Waals surface area contributed by atoms with Crippen molar-refractivity contribution in [1.82, 2.24) is 10.2 Å². The maximum absolute atomic E-state index is 13.8. The van der Waals surface area contributed by atoms with E-state index in [0.29, 0.717) is 18.4 Å². The second-order valence-electron chi connectivity index (χ2n) is 8.79. The molecule has 4 rings (SSSR count). The van der Waals surface area contributed by atoms with Crippen LogP contribution in [0.25, 0.3) is 0 Å². The second-order valence-corrected chi connectivity index (χ2v) is 10.0. The molecule has 3 atom stereocenters. The fraction of sp³-hybridized carbons (Fsp3) is 0.250. The third kappa shape index (κ3) is 6.61. The normalized spacial score (nSPS) is 18.4. The zero-order valence-corrected chi connectivity index (χ0v) is 20.8. The number of thioether (sulfide) groups is 1. The number of nitrogens with two attached hydrogens (primary N) is 1. The van der Waals surface area contributed by atoms with Gasteiger partial charge in [0.05, 0.1) is 17.7 Å². The zero-order chi connectivity index (χ0) is 26.4. The standard InChI is InChI=1S/C28H27F2N3O3S/c29-21-13-19(14-22(30)17-21)16-24(34)33(28(36)23(31)15-18-7-3-1-4-8-18)25-26(20-9-5-2-6-10-20)37-12-11-32-27(25)35/h1-10,13-14,17,23,25-26H,11-12,15-16,31H2,(H,32,35)/t23-,25-,26+/m0/s1. The number of nitrogens with one attached hydrogen (secondary N) is 1. The number of hydrogen-bond acceptors (Lipinski definition) is 5. The van der Waals surface area contributed by atoms with Crippen LogP contribution in [-0.4, -0.2) is 47.0 Å². The molecule has 3 aromatic rings. The highest BCUT2D eigenvalue weighted by Gasteiger charge is 2.43. The van der Waals surface area contributed by atoms with E-state index in [2.05, 4.69) is 5.32 Å². The molecule has 192 valence electrons. The minimum atomic E-state index is -1.20. The van der Waals surface area contributed by atoms with Gasteiger partial charge in [0.2, 0.25) is 17.7 Å². The number of carbonyl (C=O) groups excluding carboxylic acids is 3. The van der Waals surface area contributed by atoms with Crippen LogP contribution in [0.2, 0.25) is 0 Å². The Labute approximate surface area is 218 Å². The molecular formula is C28H27F2N3O3S. The van der Waals surface area contributed by atoms with Gasteiger partial charge < -0.3 is 11.1 Å². The van der Waals surface area contributed by atoms with Gasteiger partial charge in [-0.3, -0.25) is 19.3 Å². The summed E-state index contributed by atoms with van der Waals surface area (Å²) < 4.78 is 27.7. The van der Waals surface area contributed by atoms with Gasteiger partial charge >= 0.3 is 0 Å². The quantitative estimate of drug-likeness (QED) is 0.495. The lowest BCUT2D eigenvalue weighted by Gasteiger charge is -2.34. The van der Waals surface area contributed by atoms with E-state index in [9.17, 15) is 23.2 Å². The van der Waals surface area contributed by atoms with Crippen LogP contribution < -0.4 is 11.1 Å². The van der Waals surface area contributed by atoms with Crippen LogP contribution in [0.5, 0.6) is 0 Å². The molecule has 0 aliphatic carbocycles. The number of nitrogens with zero attached hydrogens (tertiary/aromatic N) is 1. The van der Waals surface area contributed by atoms with Crippen molar-refractivity contribution in [3.05, 3.63) is 107 Å². The van der Waals surface area contributed by atoms with Crippen molar-refractivity contribution < 1.29 is 23.2 Å². The maximum atomic E-state index is 13.8. The Balaban J connectivity index is 1.73. The van der Waals surface area contributed by atoms with E-state index < -0.39 is 53.1 Å². The van der Waals surface area contributed by atoms with Gasteiger partial charge in [0.15, 0.2) is 0 Å². The van der Waals surface area contributed by atoms with Gasteiger partial charge in [0.25, 0.3) is 0 Å². The number of hydrogen-bond donors (Lipinski definition) is 2. The van der Waals surface area contributed by atoms with E-state index in [0.717, 1.165) is 28.2 Å². The smallest absolute Gasteiger partial charge is 0.247 e. The van der Waals surface area contributed by atoms with Crippen LogP contribution in [0.3, 0.4) is 0 Å². The first-order chi connectivity index (χ1) is 17.8. The van der Waals surface area contributed by atoms with Crippen molar-refractivity contribution in [2.24, 2.45) is 5.73 Å². The fourth-order valence-corrected chi connectivity index (χ4v) is 5.64. The summed E-state index contributed by atoms with van der Waals surface area (Å²) in [6.07, 6.45) is -0.329. The second kappa shape index (κ2) is 12.1. The molecule has 6 nitrogen and oxygen atoms in total. The van der Waals surface area contributed by atoms with Crippen LogP contribution in [0.1, 0.15) is 21.9 Å². The molecule has 3 N–H and O–H groups in total. The summed E-state index contributed by atoms with van der Waals surface area (Å²) in [5.41, 5.74) is 7.92. The minimum Gasteiger partial charge on any atom is -0.353 e. The van der Waals surface area contributed by atoms with Crippen molar-refractivity contribution in [1.29, 1.82) is 0 Å². The highest BCUT2D eigenvalue weighted by molar-refractivity contribution is 7.99. The van der Waals surface area contributed by atoms with E-state index in [-0.39, 0.29) is 12.0 Å². The molecule has 9 heteroatoms. The average Bonchev–Trinajstić information content (AvgIpc) is 3.06. The van der Waals surface area contributed by atoms with Gasteiger partial charge in [-0.25, -0.2) is 8.78 Å². The Morgan fingerprint density at radius 1 is 0.973 bits per heavy atom. The van der Waals surface area contributed by atoms with Gasteiger partial charge in [-0.05, 0) is 35.2 Å². The lowest BCUT2D eigenvalue weighted by molar-refractivity contribution is -0.152. The van der Waals surface area contributed by atoms with Crippen LogP contribution in [0, 0.1) is 11.6 Å². The highest BCUT2D eigenvalue weighted by Crippen LogP contribution is 2.37. The molecule has 0 unspecified atom stereocenters. The van der Waals surface area contributed by atoms with Gasteiger partial charge in [-0.1, -0.05) is 60.7 Å². The van der Waals surface area contributed by atoms with Crippen LogP contribution >= 0.6 is 11.8 Å². The minimum absolute atomic E-state index is 0.0508. The first kappa shape index (κ1) is 26.5. The van der Waals surface area contributed by atoms with E-state index in [1.807, 2.05) is 60.7 Å². The molecule has 1 heterocycles. The van der Waals surface area contributed by atoms with Gasteiger partial charge in [-0.2, -0.15) is 0 Å². The van der Waals surface area contributed by atoms with Crippen molar-refractivity contribution in [2.75, 3.05) is 12.3 Å². The largest absolute Gasteiger partial charge is 0.353 e. The molecule has 1 aliphatic heterocycles. The molecule has 1 aliphatic rings. The summed E-state index contributed by atoms with van der Waals surface area (Å²) >= 11 is 1.45. The van der Waals surface area contributed by atoms with Crippen molar-refractivity contribution >= 4 is 29.5 Å². The molecule has 3 aromatic carbocycles. The number of halogens is 2. The molecule has 3 amide bonds.